The molecule has 0 spiro atoms. The van der Waals surface area contributed by atoms with Gasteiger partial charge in [0.1, 0.15) is 12.7 Å². The van der Waals surface area contributed by atoms with Crippen LogP contribution >= 0.6 is 0 Å². The molecule has 2 aliphatic rings. The molecule has 0 aliphatic carbocycles. The highest BCUT2D eigenvalue weighted by molar-refractivity contribution is 5.94. The second-order valence-corrected chi connectivity index (χ2v) is 8.20. The fourth-order valence-corrected chi connectivity index (χ4v) is 4.39. The number of rotatable bonds is 4. The number of carbonyl (C=O) groups is 1. The van der Waals surface area contributed by atoms with Gasteiger partial charge in [0.25, 0.3) is 0 Å². The zero-order valence-corrected chi connectivity index (χ0v) is 18.0. The van der Waals surface area contributed by atoms with Crippen molar-refractivity contribution in [2.24, 2.45) is 0 Å². The Kier molecular flexibility index (Phi) is 5.17. The number of benzene rings is 1. The first-order chi connectivity index (χ1) is 15.5. The third-order valence-electron chi connectivity index (χ3n) is 6.16. The predicted molar refractivity (Wildman–Crippen MR) is 115 cm³/mol. The summed E-state index contributed by atoms with van der Waals surface area (Å²) in [7, 11) is 0. The first-order valence-corrected chi connectivity index (χ1v) is 10.6. The van der Waals surface area contributed by atoms with Crippen molar-refractivity contribution in [3.05, 3.63) is 69.8 Å². The van der Waals surface area contributed by atoms with Gasteiger partial charge in [0.2, 0.25) is 5.95 Å². The number of nitriles is 1. The molecule has 4 heterocycles. The van der Waals surface area contributed by atoms with Crippen LogP contribution in [0.5, 0.6) is 0 Å². The third-order valence-corrected chi connectivity index (χ3v) is 6.16. The monoisotopic (exact) mass is 429 g/mol. The van der Waals surface area contributed by atoms with E-state index < -0.39 is 0 Å². The van der Waals surface area contributed by atoms with E-state index in [-0.39, 0.29) is 12.0 Å². The standard InChI is InChI=1S/C23H23N7O2/c1-14-18(3-4-19-20(14)13-32-22(19)31)21-12-29(6-5-25-21)10-16-8-26-23(27-9-16)30-11-17(7-24)15(2)28-30/h3-4,8-9,11,21,25H,5-6,10,12-13H2,1-2H3. The predicted octanol–water partition coefficient (Wildman–Crippen LogP) is 1.97. The van der Waals surface area contributed by atoms with Gasteiger partial charge in [-0.05, 0) is 31.0 Å². The lowest BCUT2D eigenvalue weighted by atomic mass is 9.93. The van der Waals surface area contributed by atoms with E-state index in [0.29, 0.717) is 29.4 Å². The molecule has 2 aromatic heterocycles. The highest BCUT2D eigenvalue weighted by Gasteiger charge is 2.28. The molecule has 1 N–H and O–H groups in total. The van der Waals surface area contributed by atoms with Crippen LogP contribution in [0.25, 0.3) is 5.95 Å². The Labute approximate surface area is 185 Å². The van der Waals surface area contributed by atoms with Crippen LogP contribution < -0.4 is 5.32 Å². The van der Waals surface area contributed by atoms with Gasteiger partial charge in [0, 0.05) is 55.7 Å². The molecule has 1 unspecified atom stereocenters. The Morgan fingerprint density at radius 3 is 2.84 bits per heavy atom. The van der Waals surface area contributed by atoms with Crippen LogP contribution in [-0.4, -0.2) is 50.3 Å². The van der Waals surface area contributed by atoms with Crippen LogP contribution in [0.15, 0.2) is 30.7 Å². The number of cyclic esters (lactones) is 1. The third kappa shape index (κ3) is 3.64. The van der Waals surface area contributed by atoms with Crippen molar-refractivity contribution < 1.29 is 9.53 Å². The van der Waals surface area contributed by atoms with E-state index in [0.717, 1.165) is 42.9 Å². The number of fused-ring (bicyclic) bond motifs is 1. The Hall–Kier alpha value is -3.61. The first-order valence-electron chi connectivity index (χ1n) is 10.6. The Morgan fingerprint density at radius 2 is 2.09 bits per heavy atom. The fourth-order valence-electron chi connectivity index (χ4n) is 4.39. The summed E-state index contributed by atoms with van der Waals surface area (Å²) in [4.78, 5) is 23.1. The van der Waals surface area contributed by atoms with Crippen LogP contribution in [0, 0.1) is 25.2 Å². The number of hydrogen-bond donors (Lipinski definition) is 1. The van der Waals surface area contributed by atoms with Crippen molar-refractivity contribution in [2.45, 2.75) is 33.0 Å². The molecule has 0 radical (unpaired) electrons. The van der Waals surface area contributed by atoms with Crippen LogP contribution in [0.3, 0.4) is 0 Å². The summed E-state index contributed by atoms with van der Waals surface area (Å²) in [5.41, 5.74) is 6.22. The number of aromatic nitrogens is 4. The van der Waals surface area contributed by atoms with Crippen LogP contribution in [-0.2, 0) is 17.9 Å². The maximum atomic E-state index is 11.8. The van der Waals surface area contributed by atoms with Crippen molar-refractivity contribution in [1.29, 1.82) is 5.26 Å². The summed E-state index contributed by atoms with van der Waals surface area (Å²) in [6.07, 6.45) is 5.26. The summed E-state index contributed by atoms with van der Waals surface area (Å²) in [6, 6.07) is 6.22. The quantitative estimate of drug-likeness (QED) is 0.627. The Bertz CT molecular complexity index is 1230. The van der Waals surface area contributed by atoms with Gasteiger partial charge in [0.15, 0.2) is 0 Å². The average molecular weight is 429 g/mol. The van der Waals surface area contributed by atoms with Crippen LogP contribution in [0.1, 0.15) is 49.9 Å². The van der Waals surface area contributed by atoms with Crippen molar-refractivity contribution in [3.8, 4) is 12.0 Å². The number of esters is 1. The summed E-state index contributed by atoms with van der Waals surface area (Å²) in [5.74, 6) is 0.215. The van der Waals surface area contributed by atoms with Gasteiger partial charge in [-0.3, -0.25) is 4.90 Å². The smallest absolute Gasteiger partial charge is 0.338 e. The number of ether oxygens (including phenoxy) is 1. The summed E-state index contributed by atoms with van der Waals surface area (Å²) >= 11 is 0. The molecule has 3 aromatic rings. The molecule has 5 rings (SSSR count). The maximum absolute atomic E-state index is 11.8. The topological polar surface area (TPSA) is 109 Å². The lowest BCUT2D eigenvalue weighted by molar-refractivity contribution is 0.0535. The molecule has 1 atom stereocenters. The van der Waals surface area contributed by atoms with Crippen LogP contribution in [0.2, 0.25) is 0 Å². The van der Waals surface area contributed by atoms with E-state index in [1.807, 2.05) is 24.5 Å². The van der Waals surface area contributed by atoms with Crippen molar-refractivity contribution in [1.82, 2.24) is 30.0 Å². The number of nitrogens with zero attached hydrogens (tertiary/aromatic N) is 6. The zero-order valence-electron chi connectivity index (χ0n) is 18.0. The van der Waals surface area contributed by atoms with E-state index in [4.69, 9.17) is 10.00 Å². The maximum Gasteiger partial charge on any atom is 0.338 e. The Balaban J connectivity index is 1.29. The molecule has 32 heavy (non-hydrogen) atoms. The van der Waals surface area contributed by atoms with Crippen LogP contribution in [0.4, 0.5) is 0 Å². The van der Waals surface area contributed by atoms with Gasteiger partial charge in [-0.15, -0.1) is 0 Å². The molecule has 9 nitrogen and oxygen atoms in total. The minimum Gasteiger partial charge on any atom is -0.457 e. The zero-order chi connectivity index (χ0) is 22.2. The number of piperazine rings is 1. The number of aryl methyl sites for hydroxylation is 1. The molecular formula is C23H23N7O2. The van der Waals surface area contributed by atoms with E-state index in [9.17, 15) is 4.79 Å². The van der Waals surface area contributed by atoms with E-state index >= 15 is 0 Å². The van der Waals surface area contributed by atoms with Gasteiger partial charge in [0.05, 0.1) is 23.0 Å². The second-order valence-electron chi connectivity index (χ2n) is 8.20. The largest absolute Gasteiger partial charge is 0.457 e. The minimum atomic E-state index is -0.231. The van der Waals surface area contributed by atoms with Gasteiger partial charge in [-0.25, -0.2) is 19.4 Å². The molecule has 1 fully saturated rings. The summed E-state index contributed by atoms with van der Waals surface area (Å²) in [6.45, 7) is 7.61. The van der Waals surface area contributed by atoms with Crippen molar-refractivity contribution >= 4 is 5.97 Å². The van der Waals surface area contributed by atoms with E-state index in [1.165, 1.54) is 10.2 Å². The molecule has 9 heteroatoms. The minimum absolute atomic E-state index is 0.182. The van der Waals surface area contributed by atoms with E-state index in [2.05, 4.69) is 38.3 Å². The molecule has 162 valence electrons. The molecule has 1 saturated heterocycles. The van der Waals surface area contributed by atoms with Gasteiger partial charge in [-0.1, -0.05) is 6.07 Å². The van der Waals surface area contributed by atoms with E-state index in [1.54, 1.807) is 13.1 Å². The molecule has 0 bridgehead atoms. The molecular weight excluding hydrogens is 406 g/mol. The molecule has 1 aromatic carbocycles. The number of hydrogen-bond acceptors (Lipinski definition) is 8. The fraction of sp³-hybridized carbons (Fsp3) is 0.348. The lowest BCUT2D eigenvalue weighted by Gasteiger charge is -2.34. The molecule has 0 amide bonds. The van der Waals surface area contributed by atoms with Gasteiger partial charge >= 0.3 is 5.97 Å². The molecule has 2 aliphatic heterocycles. The normalized spacial score (nSPS) is 18.3. The highest BCUT2D eigenvalue weighted by atomic mass is 16.5. The first kappa shape index (κ1) is 20.3. The van der Waals surface area contributed by atoms with Crippen molar-refractivity contribution in [3.63, 3.8) is 0 Å². The summed E-state index contributed by atoms with van der Waals surface area (Å²) < 4.78 is 6.73. The second kappa shape index (κ2) is 8.15. The number of nitrogens with one attached hydrogen (secondary N) is 1. The number of carbonyl (C=O) groups excluding carboxylic acids is 1. The lowest BCUT2D eigenvalue weighted by Crippen LogP contribution is -2.45. The average Bonchev–Trinajstić information content (AvgIpc) is 3.37. The highest BCUT2D eigenvalue weighted by Crippen LogP contribution is 2.30. The molecule has 0 saturated carbocycles. The SMILES string of the molecule is Cc1nn(-c2ncc(CN3CCNC(c4ccc5c(c4C)COC5=O)C3)cn2)cc1C#N. The van der Waals surface area contributed by atoms with Gasteiger partial charge in [-0.2, -0.15) is 10.4 Å². The summed E-state index contributed by atoms with van der Waals surface area (Å²) in [5, 5.41) is 17.0. The Morgan fingerprint density at radius 1 is 1.28 bits per heavy atom. The van der Waals surface area contributed by atoms with Gasteiger partial charge < -0.3 is 10.1 Å². The van der Waals surface area contributed by atoms with Crippen molar-refractivity contribution in [2.75, 3.05) is 19.6 Å².